The SMILES string of the molecule is N#C/C(=N\Nc1cccc(OCc2cccc(F)c2)c1)C(=N)N. The highest BCUT2D eigenvalue weighted by molar-refractivity contribution is 6.45. The summed E-state index contributed by atoms with van der Waals surface area (Å²) < 4.78 is 18.7. The molecule has 0 atom stereocenters. The first-order valence-corrected chi connectivity index (χ1v) is 6.64. The van der Waals surface area contributed by atoms with E-state index in [2.05, 4.69) is 10.5 Å². The number of ether oxygens (including phenoxy) is 1. The summed E-state index contributed by atoms with van der Waals surface area (Å²) in [5.41, 5.74) is 8.90. The van der Waals surface area contributed by atoms with Gasteiger partial charge < -0.3 is 10.5 Å². The van der Waals surface area contributed by atoms with E-state index in [1.54, 1.807) is 42.5 Å². The Balaban J connectivity index is 2.02. The predicted octanol–water partition coefficient (Wildman–Crippen LogP) is 2.63. The lowest BCUT2D eigenvalue weighted by molar-refractivity contribution is 0.305. The van der Waals surface area contributed by atoms with Crippen LogP contribution in [0, 0.1) is 22.6 Å². The topological polar surface area (TPSA) is 107 Å². The van der Waals surface area contributed by atoms with Crippen LogP contribution < -0.4 is 15.9 Å². The van der Waals surface area contributed by atoms with E-state index < -0.39 is 5.84 Å². The molecule has 0 fully saturated rings. The fourth-order valence-electron chi connectivity index (χ4n) is 1.71. The number of halogens is 1. The number of anilines is 1. The normalized spacial score (nSPS) is 10.7. The molecule has 0 bridgehead atoms. The van der Waals surface area contributed by atoms with Gasteiger partial charge in [0.2, 0.25) is 5.71 Å². The van der Waals surface area contributed by atoms with Crippen LogP contribution in [-0.4, -0.2) is 11.5 Å². The van der Waals surface area contributed by atoms with Gasteiger partial charge in [-0.2, -0.15) is 10.4 Å². The second-order valence-corrected chi connectivity index (χ2v) is 4.54. The average Bonchev–Trinajstić information content (AvgIpc) is 2.54. The summed E-state index contributed by atoms with van der Waals surface area (Å²) in [7, 11) is 0. The predicted molar refractivity (Wildman–Crippen MR) is 85.8 cm³/mol. The van der Waals surface area contributed by atoms with E-state index >= 15 is 0 Å². The molecule has 0 aliphatic heterocycles. The summed E-state index contributed by atoms with van der Waals surface area (Å²) in [4.78, 5) is 0. The number of benzene rings is 2. The van der Waals surface area contributed by atoms with Crippen molar-refractivity contribution in [3.8, 4) is 11.8 Å². The maximum absolute atomic E-state index is 13.1. The van der Waals surface area contributed by atoms with Crippen LogP contribution in [0.15, 0.2) is 53.6 Å². The number of rotatable bonds is 6. The van der Waals surface area contributed by atoms with Crippen molar-refractivity contribution in [1.29, 1.82) is 10.7 Å². The third-order valence-corrected chi connectivity index (χ3v) is 2.79. The zero-order valence-electron chi connectivity index (χ0n) is 12.1. The number of hydrogen-bond acceptors (Lipinski definition) is 5. The van der Waals surface area contributed by atoms with Gasteiger partial charge in [-0.1, -0.05) is 18.2 Å². The van der Waals surface area contributed by atoms with Gasteiger partial charge in [0, 0.05) is 6.07 Å². The maximum Gasteiger partial charge on any atom is 0.201 e. The number of nitriles is 1. The molecule has 0 saturated carbocycles. The van der Waals surface area contributed by atoms with Crippen molar-refractivity contribution in [2.45, 2.75) is 6.61 Å². The third kappa shape index (κ3) is 4.82. The van der Waals surface area contributed by atoms with Crippen molar-refractivity contribution in [3.05, 3.63) is 59.9 Å². The smallest absolute Gasteiger partial charge is 0.201 e. The number of nitrogens with one attached hydrogen (secondary N) is 2. The zero-order valence-corrected chi connectivity index (χ0v) is 12.1. The molecule has 0 saturated heterocycles. The summed E-state index contributed by atoms with van der Waals surface area (Å²) in [6.45, 7) is 0.224. The van der Waals surface area contributed by atoms with Crippen LogP contribution in [0.2, 0.25) is 0 Å². The Labute approximate surface area is 132 Å². The molecule has 116 valence electrons. The molecule has 23 heavy (non-hydrogen) atoms. The van der Waals surface area contributed by atoms with Gasteiger partial charge in [0.15, 0.2) is 5.84 Å². The van der Waals surface area contributed by atoms with E-state index in [9.17, 15) is 4.39 Å². The van der Waals surface area contributed by atoms with E-state index in [4.69, 9.17) is 21.1 Å². The van der Waals surface area contributed by atoms with Gasteiger partial charge in [-0.15, -0.1) is 0 Å². The molecule has 0 aromatic heterocycles. The van der Waals surface area contributed by atoms with E-state index in [0.29, 0.717) is 17.0 Å². The summed E-state index contributed by atoms with van der Waals surface area (Å²) in [6.07, 6.45) is 0. The van der Waals surface area contributed by atoms with Crippen LogP contribution in [0.1, 0.15) is 5.56 Å². The van der Waals surface area contributed by atoms with Crippen LogP contribution in [0.5, 0.6) is 5.75 Å². The standard InChI is InChI=1S/C16H14FN5O/c17-12-4-1-3-11(7-12)10-23-14-6-2-5-13(8-14)21-22-15(9-18)16(19)20/h1-8,21H,10H2,(H3,19,20)/b22-15+. The largest absolute Gasteiger partial charge is 0.489 e. The highest BCUT2D eigenvalue weighted by Crippen LogP contribution is 2.19. The van der Waals surface area contributed by atoms with E-state index in [1.807, 2.05) is 0 Å². The first-order valence-electron chi connectivity index (χ1n) is 6.64. The number of hydrazone groups is 1. The van der Waals surface area contributed by atoms with Crippen molar-refractivity contribution in [2.24, 2.45) is 10.8 Å². The van der Waals surface area contributed by atoms with E-state index in [1.165, 1.54) is 12.1 Å². The van der Waals surface area contributed by atoms with Crippen molar-refractivity contribution in [2.75, 3.05) is 5.43 Å². The monoisotopic (exact) mass is 311 g/mol. The van der Waals surface area contributed by atoms with Crippen molar-refractivity contribution >= 4 is 17.2 Å². The molecule has 0 amide bonds. The highest BCUT2D eigenvalue weighted by atomic mass is 19.1. The zero-order chi connectivity index (χ0) is 16.7. The molecule has 6 nitrogen and oxygen atoms in total. The minimum atomic E-state index is -0.418. The fourth-order valence-corrected chi connectivity index (χ4v) is 1.71. The van der Waals surface area contributed by atoms with Gasteiger partial charge in [0.1, 0.15) is 24.2 Å². The molecule has 0 aliphatic carbocycles. The van der Waals surface area contributed by atoms with E-state index in [-0.39, 0.29) is 18.1 Å². The average molecular weight is 311 g/mol. The molecule has 0 unspecified atom stereocenters. The molecule has 2 rings (SSSR count). The van der Waals surface area contributed by atoms with Crippen molar-refractivity contribution < 1.29 is 9.13 Å². The van der Waals surface area contributed by atoms with Crippen LogP contribution in [0.3, 0.4) is 0 Å². The Hall–Kier alpha value is -3.40. The van der Waals surface area contributed by atoms with Gasteiger partial charge in [0.05, 0.1) is 5.69 Å². The number of amidine groups is 1. The summed E-state index contributed by atoms with van der Waals surface area (Å²) in [5.74, 6) is -0.182. The van der Waals surface area contributed by atoms with Gasteiger partial charge in [0.25, 0.3) is 0 Å². The fraction of sp³-hybridized carbons (Fsp3) is 0.0625. The first kappa shape index (κ1) is 16.0. The Bertz CT molecular complexity index is 782. The molecule has 0 heterocycles. The van der Waals surface area contributed by atoms with Gasteiger partial charge >= 0.3 is 0 Å². The first-order chi connectivity index (χ1) is 11.1. The van der Waals surface area contributed by atoms with E-state index in [0.717, 1.165) is 0 Å². The van der Waals surface area contributed by atoms with Gasteiger partial charge in [-0.3, -0.25) is 10.8 Å². The summed E-state index contributed by atoms with van der Waals surface area (Å²) in [6, 6.07) is 14.7. The molecule has 0 aliphatic rings. The second-order valence-electron chi connectivity index (χ2n) is 4.54. The number of nitrogens with zero attached hydrogens (tertiary/aromatic N) is 2. The molecule has 0 radical (unpaired) electrons. The highest BCUT2D eigenvalue weighted by Gasteiger charge is 2.02. The molecular formula is C16H14FN5O. The van der Waals surface area contributed by atoms with Crippen molar-refractivity contribution in [1.82, 2.24) is 0 Å². The van der Waals surface area contributed by atoms with Crippen LogP contribution in [0.25, 0.3) is 0 Å². The van der Waals surface area contributed by atoms with Crippen molar-refractivity contribution in [3.63, 3.8) is 0 Å². The quantitative estimate of drug-likeness (QED) is 0.433. The molecule has 0 spiro atoms. The molecule has 4 N–H and O–H groups in total. The van der Waals surface area contributed by atoms with Crippen LogP contribution >= 0.6 is 0 Å². The lowest BCUT2D eigenvalue weighted by Crippen LogP contribution is -2.21. The third-order valence-electron chi connectivity index (χ3n) is 2.79. The van der Waals surface area contributed by atoms with Gasteiger partial charge in [-0.25, -0.2) is 4.39 Å². The Morgan fingerprint density at radius 1 is 1.30 bits per heavy atom. The van der Waals surface area contributed by atoms with Gasteiger partial charge in [-0.05, 0) is 29.8 Å². The Morgan fingerprint density at radius 3 is 2.78 bits per heavy atom. The molecular weight excluding hydrogens is 297 g/mol. The maximum atomic E-state index is 13.1. The summed E-state index contributed by atoms with van der Waals surface area (Å²) >= 11 is 0. The number of hydrogen-bond donors (Lipinski definition) is 3. The number of nitrogens with two attached hydrogens (primary N) is 1. The Kier molecular flexibility index (Phi) is 5.25. The lowest BCUT2D eigenvalue weighted by atomic mass is 10.2. The minimum absolute atomic E-state index is 0.212. The van der Waals surface area contributed by atoms with Crippen LogP contribution in [-0.2, 0) is 6.61 Å². The second kappa shape index (κ2) is 7.56. The Morgan fingerprint density at radius 2 is 2.09 bits per heavy atom. The molecule has 2 aromatic rings. The molecule has 7 heteroatoms. The lowest BCUT2D eigenvalue weighted by Gasteiger charge is -2.08. The molecule has 2 aromatic carbocycles. The van der Waals surface area contributed by atoms with Crippen LogP contribution in [0.4, 0.5) is 10.1 Å². The minimum Gasteiger partial charge on any atom is -0.489 e. The summed E-state index contributed by atoms with van der Waals surface area (Å²) in [5, 5.41) is 19.7.